The molecule has 0 atom stereocenters. The van der Waals surface area contributed by atoms with Gasteiger partial charge in [-0.25, -0.2) is 9.97 Å². The summed E-state index contributed by atoms with van der Waals surface area (Å²) in [5.41, 5.74) is 8.92. The van der Waals surface area contributed by atoms with Gasteiger partial charge in [0, 0.05) is 33.6 Å². The molecule has 9 heteroatoms. The Labute approximate surface area is 223 Å². The van der Waals surface area contributed by atoms with Crippen LogP contribution in [0.5, 0.6) is 0 Å². The van der Waals surface area contributed by atoms with Crippen molar-refractivity contribution < 1.29 is 0 Å². The van der Waals surface area contributed by atoms with E-state index in [1.165, 1.54) is 11.7 Å². The van der Waals surface area contributed by atoms with E-state index in [-0.39, 0.29) is 0 Å². The van der Waals surface area contributed by atoms with Crippen molar-refractivity contribution in [1.82, 2.24) is 45.5 Å². The van der Waals surface area contributed by atoms with Crippen molar-refractivity contribution >= 4 is 57.3 Å². The number of hydrogen-bond acceptors (Lipinski definition) is 6. The number of H-pyrrole nitrogens is 3. The number of fused-ring (bicyclic) bond motifs is 9. The molecule has 3 N–H and O–H groups in total. The lowest BCUT2D eigenvalue weighted by atomic mass is 10.2. The predicted molar refractivity (Wildman–Crippen MR) is 155 cm³/mol. The number of para-hydroxylation sites is 1. The molecule has 2 aliphatic heterocycles. The summed E-state index contributed by atoms with van der Waals surface area (Å²) in [6.45, 7) is 0. The fraction of sp³-hybridized carbons (Fsp3) is 0. The Morgan fingerprint density at radius 1 is 0.538 bits per heavy atom. The van der Waals surface area contributed by atoms with Crippen LogP contribution in [0.25, 0.3) is 57.3 Å². The number of rotatable bonds is 0. The Morgan fingerprint density at radius 2 is 1.10 bits per heavy atom. The van der Waals surface area contributed by atoms with Crippen LogP contribution in [0.1, 0.15) is 22.8 Å². The maximum Gasteiger partial charge on any atom is 0.161 e. The third-order valence-corrected chi connectivity index (χ3v) is 5.82. The van der Waals surface area contributed by atoms with Gasteiger partial charge in [0.2, 0.25) is 0 Å². The van der Waals surface area contributed by atoms with Gasteiger partial charge in [0.05, 0.1) is 28.3 Å². The summed E-state index contributed by atoms with van der Waals surface area (Å²) in [6.07, 6.45) is 11.2. The maximum atomic E-state index is 4.62. The SMILES string of the molecule is C1=Cc2cc3ccc(cc4ccc(cc5nc(cc1n2)C=C5)[nH]4)[nH]3.c1ccc2ncccc2c1.c1nn[nH]n1. The van der Waals surface area contributed by atoms with Crippen molar-refractivity contribution in [3.05, 3.63) is 120 Å². The van der Waals surface area contributed by atoms with Crippen LogP contribution in [0.2, 0.25) is 0 Å². The number of tetrazole rings is 1. The number of nitrogens with zero attached hydrogens (tertiary/aromatic N) is 6. The van der Waals surface area contributed by atoms with Gasteiger partial charge in [0.1, 0.15) is 0 Å². The Bertz CT molecular complexity index is 1760. The second-order valence-electron chi connectivity index (χ2n) is 8.66. The molecular weight excluding hydrogens is 486 g/mol. The molecule has 6 aromatic rings. The average Bonchev–Trinajstić information content (AvgIpc) is 3.79. The highest BCUT2D eigenvalue weighted by atomic mass is 15.5. The van der Waals surface area contributed by atoms with Gasteiger partial charge in [-0.1, -0.05) is 29.5 Å². The fourth-order valence-electron chi connectivity index (χ4n) is 4.09. The number of hydrogen-bond donors (Lipinski definition) is 3. The predicted octanol–water partition coefficient (Wildman–Crippen LogP) is 6.09. The molecule has 0 spiro atoms. The van der Waals surface area contributed by atoms with Gasteiger partial charge in [0.25, 0.3) is 0 Å². The second kappa shape index (κ2) is 11.1. The molecule has 2 aliphatic rings. The van der Waals surface area contributed by atoms with Crippen molar-refractivity contribution in [2.24, 2.45) is 0 Å². The lowest BCUT2D eigenvalue weighted by Gasteiger charge is -1.91. The van der Waals surface area contributed by atoms with Gasteiger partial charge >= 0.3 is 0 Å². The molecule has 0 radical (unpaired) electrons. The van der Waals surface area contributed by atoms with Crippen LogP contribution < -0.4 is 0 Å². The summed E-state index contributed by atoms with van der Waals surface area (Å²) < 4.78 is 0. The molecule has 0 saturated heterocycles. The molecule has 8 rings (SSSR count). The molecule has 0 amide bonds. The van der Waals surface area contributed by atoms with Crippen LogP contribution in [-0.2, 0) is 0 Å². The average molecular weight is 510 g/mol. The maximum absolute atomic E-state index is 4.62. The van der Waals surface area contributed by atoms with Crippen LogP contribution >= 0.6 is 0 Å². The van der Waals surface area contributed by atoms with E-state index < -0.39 is 0 Å². The molecule has 5 aromatic heterocycles. The van der Waals surface area contributed by atoms with Gasteiger partial charge in [-0.2, -0.15) is 5.21 Å². The second-order valence-corrected chi connectivity index (χ2v) is 8.66. The van der Waals surface area contributed by atoms with E-state index in [2.05, 4.69) is 88.0 Å². The largest absolute Gasteiger partial charge is 0.355 e. The number of pyridine rings is 1. The molecule has 39 heavy (non-hydrogen) atoms. The number of benzene rings is 1. The third kappa shape index (κ3) is 6.17. The van der Waals surface area contributed by atoms with E-state index in [9.17, 15) is 0 Å². The molecule has 1 aromatic carbocycles. The number of aromatic amines is 3. The van der Waals surface area contributed by atoms with Gasteiger partial charge in [0.15, 0.2) is 6.33 Å². The first-order chi connectivity index (χ1) is 19.3. The summed E-state index contributed by atoms with van der Waals surface area (Å²) >= 11 is 0. The third-order valence-electron chi connectivity index (χ3n) is 5.82. The molecular formula is C30H23N9. The summed E-state index contributed by atoms with van der Waals surface area (Å²) in [5.74, 6) is 0. The normalized spacial score (nSPS) is 11.4. The van der Waals surface area contributed by atoms with Crippen LogP contribution in [0.4, 0.5) is 0 Å². The lowest BCUT2D eigenvalue weighted by Crippen LogP contribution is -1.77. The summed E-state index contributed by atoms with van der Waals surface area (Å²) in [6, 6.07) is 28.5. The monoisotopic (exact) mass is 509 g/mol. The standard InChI is InChI=1S/C20H14N4.C9H7N.CH2N4/c1-2-14-10-16-5-6-18(23-16)12-20-8-7-19(24-20)11-17-4-3-15(22-17)9-13(1)21-14;1-2-6-9-8(4-1)5-3-7-10-9;1-2-4-5-3-1/h1-12,21-22H;1-7H;1H,(H,2,3,4,5). The Kier molecular flexibility index (Phi) is 6.76. The molecule has 9 nitrogen and oxygen atoms in total. The van der Waals surface area contributed by atoms with E-state index in [0.717, 1.165) is 50.4 Å². The molecule has 7 heterocycles. The minimum atomic E-state index is 0.915. The van der Waals surface area contributed by atoms with Crippen LogP contribution in [0.3, 0.4) is 0 Å². The van der Waals surface area contributed by atoms with E-state index in [1.807, 2.05) is 73.0 Å². The lowest BCUT2D eigenvalue weighted by molar-refractivity contribution is 0.881. The molecule has 0 aliphatic carbocycles. The molecule has 0 saturated carbocycles. The zero-order valence-corrected chi connectivity index (χ0v) is 20.7. The first-order valence-corrected chi connectivity index (χ1v) is 12.3. The highest BCUT2D eigenvalue weighted by Crippen LogP contribution is 2.17. The van der Waals surface area contributed by atoms with Gasteiger partial charge in [-0.15, -0.1) is 10.2 Å². The first-order valence-electron chi connectivity index (χ1n) is 12.3. The van der Waals surface area contributed by atoms with Crippen LogP contribution in [-0.4, -0.2) is 45.5 Å². The highest BCUT2D eigenvalue weighted by molar-refractivity contribution is 5.78. The summed E-state index contributed by atoms with van der Waals surface area (Å²) in [7, 11) is 0. The van der Waals surface area contributed by atoms with Crippen molar-refractivity contribution in [2.45, 2.75) is 0 Å². The minimum Gasteiger partial charge on any atom is -0.355 e. The topological polar surface area (TPSA) is 125 Å². The van der Waals surface area contributed by atoms with Gasteiger partial charge in [-0.05, 0) is 85.0 Å². The zero-order valence-electron chi connectivity index (χ0n) is 20.7. The Hall–Kier alpha value is -5.70. The van der Waals surface area contributed by atoms with E-state index in [1.54, 1.807) is 0 Å². The fourth-order valence-corrected chi connectivity index (χ4v) is 4.09. The van der Waals surface area contributed by atoms with Crippen molar-refractivity contribution in [1.29, 1.82) is 0 Å². The quantitative estimate of drug-likeness (QED) is 0.227. The smallest absolute Gasteiger partial charge is 0.161 e. The molecule has 0 unspecified atom stereocenters. The van der Waals surface area contributed by atoms with Gasteiger partial charge < -0.3 is 9.97 Å². The molecule has 8 bridgehead atoms. The van der Waals surface area contributed by atoms with E-state index >= 15 is 0 Å². The highest BCUT2D eigenvalue weighted by Gasteiger charge is 2.02. The first kappa shape index (κ1) is 23.7. The zero-order chi connectivity index (χ0) is 26.3. The summed E-state index contributed by atoms with van der Waals surface area (Å²) in [4.78, 5) is 20.2. The van der Waals surface area contributed by atoms with Crippen LogP contribution in [0.15, 0.2) is 97.5 Å². The minimum absolute atomic E-state index is 0.915. The van der Waals surface area contributed by atoms with Crippen molar-refractivity contribution in [2.75, 3.05) is 0 Å². The van der Waals surface area contributed by atoms with Gasteiger partial charge in [-0.3, -0.25) is 4.98 Å². The van der Waals surface area contributed by atoms with E-state index in [4.69, 9.17) is 0 Å². The number of aromatic nitrogens is 9. The van der Waals surface area contributed by atoms with E-state index in [0.29, 0.717) is 0 Å². The van der Waals surface area contributed by atoms with Crippen LogP contribution in [0, 0.1) is 0 Å². The molecule has 188 valence electrons. The van der Waals surface area contributed by atoms with Crippen molar-refractivity contribution in [3.63, 3.8) is 0 Å². The summed E-state index contributed by atoms with van der Waals surface area (Å²) in [5, 5.41) is 13.4. The van der Waals surface area contributed by atoms with Crippen molar-refractivity contribution in [3.8, 4) is 0 Å². The Balaban J connectivity index is 0.000000150. The Morgan fingerprint density at radius 3 is 1.64 bits per heavy atom. The molecule has 0 fully saturated rings. The number of nitrogens with one attached hydrogen (secondary N) is 3.